The summed E-state index contributed by atoms with van der Waals surface area (Å²) in [5, 5.41) is 13.2. The van der Waals surface area contributed by atoms with Crippen LogP contribution >= 0.6 is 0 Å². The number of hydrogen-bond donors (Lipinski definition) is 3. The fourth-order valence-corrected chi connectivity index (χ4v) is 0.685. The van der Waals surface area contributed by atoms with Crippen molar-refractivity contribution in [2.75, 3.05) is 0 Å². The minimum atomic E-state index is -1.01. The maximum absolute atomic E-state index is 10.5. The van der Waals surface area contributed by atoms with Crippen LogP contribution < -0.4 is 10.6 Å². The lowest BCUT2D eigenvalue weighted by molar-refractivity contribution is -0.142. The van der Waals surface area contributed by atoms with Crippen LogP contribution in [0.3, 0.4) is 0 Å². The fraction of sp³-hybridized carbons (Fsp3) is 0.400. The third-order valence-electron chi connectivity index (χ3n) is 1.21. The third kappa shape index (κ3) is 1.44. The van der Waals surface area contributed by atoms with Gasteiger partial charge in [-0.3, -0.25) is 14.9 Å². The average Bonchev–Trinajstić information content (AvgIpc) is 1.88. The molecule has 0 aromatic rings. The van der Waals surface area contributed by atoms with Crippen molar-refractivity contribution >= 4 is 11.9 Å². The topological polar surface area (TPSA) is 78.4 Å². The van der Waals surface area contributed by atoms with Crippen molar-refractivity contribution < 1.29 is 14.7 Å². The first-order valence-corrected chi connectivity index (χ1v) is 2.80. The molecule has 5 nitrogen and oxygen atoms in total. The highest BCUT2D eigenvalue weighted by molar-refractivity contribution is 5.86. The number of hydrogen-bond acceptors (Lipinski definition) is 3. The highest BCUT2D eigenvalue weighted by Gasteiger charge is 2.24. The molecule has 0 aromatic heterocycles. The van der Waals surface area contributed by atoms with Crippen molar-refractivity contribution in [3.05, 3.63) is 6.67 Å². The maximum Gasteiger partial charge on any atom is 0.321 e. The summed E-state index contributed by atoms with van der Waals surface area (Å²) >= 11 is 0. The van der Waals surface area contributed by atoms with Gasteiger partial charge in [0.2, 0.25) is 5.91 Å². The van der Waals surface area contributed by atoms with Crippen LogP contribution in [0.15, 0.2) is 0 Å². The predicted octanol–water partition coefficient (Wildman–Crippen LogP) is -1.33. The van der Waals surface area contributed by atoms with Crippen LogP contribution in [0.1, 0.15) is 6.42 Å². The molecule has 1 saturated heterocycles. The number of carboxylic acids is 1. The molecule has 1 radical (unpaired) electrons. The molecule has 10 heavy (non-hydrogen) atoms. The summed E-state index contributed by atoms with van der Waals surface area (Å²) in [6.45, 7) is 1.24. The molecule has 0 aromatic carbocycles. The van der Waals surface area contributed by atoms with Crippen molar-refractivity contribution in [2.45, 2.75) is 12.5 Å². The summed E-state index contributed by atoms with van der Waals surface area (Å²) in [4.78, 5) is 20.8. The van der Waals surface area contributed by atoms with Crippen LogP contribution in [0.4, 0.5) is 0 Å². The Kier molecular flexibility index (Phi) is 1.86. The number of aliphatic carboxylic acids is 1. The van der Waals surface area contributed by atoms with Gasteiger partial charge < -0.3 is 10.4 Å². The van der Waals surface area contributed by atoms with Crippen LogP contribution in [0, 0.1) is 6.67 Å². The first kappa shape index (κ1) is 7.01. The minimum Gasteiger partial charge on any atom is -0.480 e. The van der Waals surface area contributed by atoms with E-state index in [0.717, 1.165) is 0 Å². The zero-order chi connectivity index (χ0) is 7.56. The van der Waals surface area contributed by atoms with Gasteiger partial charge >= 0.3 is 5.97 Å². The summed E-state index contributed by atoms with van der Waals surface area (Å²) in [6.07, 6.45) is -0.00810. The molecule has 1 atom stereocenters. The Balaban J connectivity index is 2.47. The quantitative estimate of drug-likeness (QED) is 0.425. The van der Waals surface area contributed by atoms with Crippen LogP contribution in [0.2, 0.25) is 0 Å². The molecule has 0 bridgehead atoms. The van der Waals surface area contributed by atoms with Gasteiger partial charge in [-0.05, 0) is 0 Å². The highest BCUT2D eigenvalue weighted by Crippen LogP contribution is 1.97. The molecular weight excluding hydrogens is 136 g/mol. The van der Waals surface area contributed by atoms with Crippen molar-refractivity contribution in [1.29, 1.82) is 0 Å². The van der Waals surface area contributed by atoms with E-state index < -0.39 is 12.0 Å². The average molecular weight is 143 g/mol. The maximum atomic E-state index is 10.5. The highest BCUT2D eigenvalue weighted by atomic mass is 16.4. The molecule has 1 unspecified atom stereocenters. The summed E-state index contributed by atoms with van der Waals surface area (Å²) in [5.74, 6) is -1.28. The summed E-state index contributed by atoms with van der Waals surface area (Å²) in [5.41, 5.74) is 0. The molecule has 1 rings (SSSR count). The molecule has 1 amide bonds. The standard InChI is InChI=1S/C5H7N2O3/c8-4-1-3(5(9)10)6-2-7-4/h2-3,6H,1H2,(H,7,8)(H,9,10). The van der Waals surface area contributed by atoms with Crippen molar-refractivity contribution in [3.63, 3.8) is 0 Å². The van der Waals surface area contributed by atoms with E-state index in [1.54, 1.807) is 0 Å². The van der Waals surface area contributed by atoms with Gasteiger partial charge in [-0.2, -0.15) is 0 Å². The lowest BCUT2D eigenvalue weighted by Crippen LogP contribution is -2.48. The van der Waals surface area contributed by atoms with Crippen LogP contribution in [-0.4, -0.2) is 23.0 Å². The monoisotopic (exact) mass is 143 g/mol. The Morgan fingerprint density at radius 1 is 1.80 bits per heavy atom. The van der Waals surface area contributed by atoms with Gasteiger partial charge in [-0.15, -0.1) is 0 Å². The van der Waals surface area contributed by atoms with E-state index in [-0.39, 0.29) is 12.3 Å². The molecule has 1 aliphatic rings. The fourth-order valence-electron chi connectivity index (χ4n) is 0.685. The smallest absolute Gasteiger partial charge is 0.321 e. The second kappa shape index (κ2) is 2.66. The summed E-state index contributed by atoms with van der Waals surface area (Å²) in [7, 11) is 0. The Bertz CT molecular complexity index is 166. The molecule has 1 aliphatic heterocycles. The van der Waals surface area contributed by atoms with Crippen molar-refractivity contribution in [1.82, 2.24) is 10.6 Å². The van der Waals surface area contributed by atoms with Gasteiger partial charge in [-0.1, -0.05) is 0 Å². The van der Waals surface area contributed by atoms with Crippen LogP contribution in [0.25, 0.3) is 0 Å². The number of carbonyl (C=O) groups is 2. The zero-order valence-corrected chi connectivity index (χ0v) is 5.13. The second-order valence-electron chi connectivity index (χ2n) is 1.97. The molecule has 55 valence electrons. The number of amides is 1. The minimum absolute atomic E-state index is 0.00810. The van der Waals surface area contributed by atoms with Crippen LogP contribution in [0.5, 0.6) is 0 Å². The summed E-state index contributed by atoms with van der Waals surface area (Å²) in [6, 6.07) is -0.770. The molecule has 5 heteroatoms. The van der Waals surface area contributed by atoms with Gasteiger partial charge in [0.1, 0.15) is 12.7 Å². The molecule has 1 fully saturated rings. The van der Waals surface area contributed by atoms with Gasteiger partial charge in [0.05, 0.1) is 6.42 Å². The largest absolute Gasteiger partial charge is 0.480 e. The Labute approximate surface area is 57.4 Å². The first-order chi connectivity index (χ1) is 4.70. The predicted molar refractivity (Wildman–Crippen MR) is 31.6 cm³/mol. The number of nitrogens with one attached hydrogen (secondary N) is 2. The Morgan fingerprint density at radius 3 is 2.90 bits per heavy atom. The normalized spacial score (nSPS) is 25.6. The van der Waals surface area contributed by atoms with E-state index in [9.17, 15) is 9.59 Å². The summed E-state index contributed by atoms with van der Waals surface area (Å²) < 4.78 is 0. The van der Waals surface area contributed by atoms with Gasteiger partial charge in [0, 0.05) is 0 Å². The van der Waals surface area contributed by atoms with Gasteiger partial charge in [0.25, 0.3) is 0 Å². The number of carboxylic acid groups (broad SMARTS) is 1. The molecule has 0 aliphatic carbocycles. The first-order valence-electron chi connectivity index (χ1n) is 2.80. The van der Waals surface area contributed by atoms with E-state index in [4.69, 9.17) is 5.11 Å². The van der Waals surface area contributed by atoms with E-state index in [0.29, 0.717) is 0 Å². The molecular formula is C5H7N2O3. The third-order valence-corrected chi connectivity index (χ3v) is 1.21. The van der Waals surface area contributed by atoms with E-state index in [2.05, 4.69) is 10.6 Å². The molecule has 3 N–H and O–H groups in total. The molecule has 1 heterocycles. The lowest BCUT2D eigenvalue weighted by Gasteiger charge is -2.18. The number of rotatable bonds is 1. The molecule has 0 spiro atoms. The Hall–Kier alpha value is -1.10. The van der Waals surface area contributed by atoms with E-state index in [1.165, 1.54) is 6.67 Å². The second-order valence-corrected chi connectivity index (χ2v) is 1.97. The zero-order valence-electron chi connectivity index (χ0n) is 5.13. The molecule has 0 saturated carbocycles. The van der Waals surface area contributed by atoms with Crippen molar-refractivity contribution in [2.24, 2.45) is 0 Å². The lowest BCUT2D eigenvalue weighted by atomic mass is 10.2. The van der Waals surface area contributed by atoms with E-state index >= 15 is 0 Å². The Morgan fingerprint density at radius 2 is 2.50 bits per heavy atom. The van der Waals surface area contributed by atoms with Gasteiger partial charge in [0.15, 0.2) is 0 Å². The van der Waals surface area contributed by atoms with Crippen LogP contribution in [-0.2, 0) is 9.59 Å². The number of carbonyl (C=O) groups excluding carboxylic acids is 1. The van der Waals surface area contributed by atoms with Gasteiger partial charge in [-0.25, -0.2) is 0 Å². The van der Waals surface area contributed by atoms with E-state index in [1.807, 2.05) is 0 Å². The van der Waals surface area contributed by atoms with Crippen molar-refractivity contribution in [3.8, 4) is 0 Å². The SMILES string of the molecule is O=C1CC(C(=O)O)N[CH]N1.